The Hall–Kier alpha value is -2.44. The van der Waals surface area contributed by atoms with Crippen LogP contribution in [0.5, 0.6) is 0 Å². The van der Waals surface area contributed by atoms with Crippen LogP contribution in [0.3, 0.4) is 0 Å². The zero-order chi connectivity index (χ0) is 17.0. The van der Waals surface area contributed by atoms with Gasteiger partial charge in [0.05, 0.1) is 5.75 Å². The van der Waals surface area contributed by atoms with E-state index in [2.05, 4.69) is 9.71 Å². The molecule has 3 rings (SSSR count). The molecule has 1 aromatic heterocycles. The van der Waals surface area contributed by atoms with Crippen molar-refractivity contribution >= 4 is 10.0 Å². The van der Waals surface area contributed by atoms with Crippen molar-refractivity contribution in [1.29, 1.82) is 0 Å². The van der Waals surface area contributed by atoms with Crippen LogP contribution >= 0.6 is 0 Å². The van der Waals surface area contributed by atoms with Gasteiger partial charge in [0.15, 0.2) is 0 Å². The van der Waals surface area contributed by atoms with Gasteiger partial charge in [-0.15, -0.1) is 0 Å². The number of benzene rings is 2. The van der Waals surface area contributed by atoms with Gasteiger partial charge < -0.3 is 4.57 Å². The highest BCUT2D eigenvalue weighted by Gasteiger charge is 2.24. The van der Waals surface area contributed by atoms with Gasteiger partial charge in [0.1, 0.15) is 11.9 Å². The molecule has 0 saturated carbocycles. The summed E-state index contributed by atoms with van der Waals surface area (Å²) in [7, 11) is -1.68. The van der Waals surface area contributed by atoms with E-state index in [0.717, 1.165) is 11.1 Å². The van der Waals surface area contributed by atoms with Gasteiger partial charge in [-0.05, 0) is 11.1 Å². The first-order chi connectivity index (χ1) is 11.6. The number of aryl methyl sites for hydroxylation is 1. The lowest BCUT2D eigenvalue weighted by molar-refractivity contribution is 0.562. The minimum atomic E-state index is -3.53. The van der Waals surface area contributed by atoms with Crippen molar-refractivity contribution in [2.75, 3.05) is 0 Å². The minimum Gasteiger partial charge on any atom is -0.336 e. The molecule has 1 N–H and O–H groups in total. The number of imidazole rings is 1. The molecule has 0 fully saturated rings. The molecule has 0 unspecified atom stereocenters. The Morgan fingerprint density at radius 3 is 2.25 bits per heavy atom. The maximum atomic E-state index is 12.6. The van der Waals surface area contributed by atoms with Crippen molar-refractivity contribution in [2.24, 2.45) is 7.05 Å². The predicted octanol–water partition coefficient (Wildman–Crippen LogP) is 2.63. The lowest BCUT2D eigenvalue weighted by Crippen LogP contribution is -2.32. The third kappa shape index (κ3) is 3.90. The summed E-state index contributed by atoms with van der Waals surface area (Å²) in [6, 6.07) is 18.1. The van der Waals surface area contributed by atoms with Gasteiger partial charge in [-0.3, -0.25) is 0 Å². The van der Waals surface area contributed by atoms with Gasteiger partial charge in [0.25, 0.3) is 0 Å². The zero-order valence-electron chi connectivity index (χ0n) is 13.3. The second-order valence-corrected chi connectivity index (χ2v) is 7.36. The zero-order valence-corrected chi connectivity index (χ0v) is 14.1. The van der Waals surface area contributed by atoms with Gasteiger partial charge in [-0.1, -0.05) is 60.7 Å². The Labute approximate surface area is 142 Å². The molecular formula is C18H19N3O2S. The van der Waals surface area contributed by atoms with E-state index >= 15 is 0 Å². The Morgan fingerprint density at radius 1 is 1.04 bits per heavy atom. The monoisotopic (exact) mass is 341 g/mol. The molecule has 1 heterocycles. The third-order valence-electron chi connectivity index (χ3n) is 3.75. The van der Waals surface area contributed by atoms with E-state index in [1.807, 2.05) is 60.1 Å². The number of aromatic nitrogens is 2. The van der Waals surface area contributed by atoms with Gasteiger partial charge in [-0.2, -0.15) is 4.72 Å². The molecule has 6 heteroatoms. The highest BCUT2D eigenvalue weighted by atomic mass is 32.2. The number of hydrogen-bond donors (Lipinski definition) is 1. The molecular weight excluding hydrogens is 322 g/mol. The summed E-state index contributed by atoms with van der Waals surface area (Å²) < 4.78 is 29.9. The Balaban J connectivity index is 1.91. The van der Waals surface area contributed by atoms with Crippen LogP contribution in [0, 0.1) is 0 Å². The van der Waals surface area contributed by atoms with E-state index in [-0.39, 0.29) is 5.75 Å². The van der Waals surface area contributed by atoms with E-state index in [1.54, 1.807) is 24.5 Å². The van der Waals surface area contributed by atoms with Crippen LogP contribution in [0.25, 0.3) is 0 Å². The maximum absolute atomic E-state index is 12.6. The summed E-state index contributed by atoms with van der Waals surface area (Å²) in [6.45, 7) is 0. The number of sulfonamides is 1. The van der Waals surface area contributed by atoms with Crippen LogP contribution in [0.1, 0.15) is 23.0 Å². The van der Waals surface area contributed by atoms with E-state index in [1.165, 1.54) is 0 Å². The Bertz CT molecular complexity index is 890. The molecule has 0 bridgehead atoms. The number of nitrogens with one attached hydrogen (secondary N) is 1. The summed E-state index contributed by atoms with van der Waals surface area (Å²) in [6.07, 6.45) is 3.47. The molecule has 2 aromatic carbocycles. The molecule has 0 spiro atoms. The molecule has 5 nitrogen and oxygen atoms in total. The average Bonchev–Trinajstić information content (AvgIpc) is 3.00. The first-order valence-corrected chi connectivity index (χ1v) is 9.26. The van der Waals surface area contributed by atoms with Gasteiger partial charge in [0, 0.05) is 19.4 Å². The van der Waals surface area contributed by atoms with Gasteiger partial charge >= 0.3 is 0 Å². The molecule has 0 radical (unpaired) electrons. The van der Waals surface area contributed by atoms with E-state index in [9.17, 15) is 8.42 Å². The molecule has 1 atom stereocenters. The highest BCUT2D eigenvalue weighted by Crippen LogP contribution is 2.22. The van der Waals surface area contributed by atoms with Crippen LogP contribution in [0.4, 0.5) is 0 Å². The first-order valence-electron chi connectivity index (χ1n) is 7.61. The molecule has 3 aromatic rings. The SMILES string of the molecule is Cn1ccnc1[C@@H](NS(=O)(=O)Cc1ccccc1)c1ccccc1. The van der Waals surface area contributed by atoms with Gasteiger partial charge in [-0.25, -0.2) is 13.4 Å². The topological polar surface area (TPSA) is 64.0 Å². The summed E-state index contributed by atoms with van der Waals surface area (Å²) >= 11 is 0. The Morgan fingerprint density at radius 2 is 1.67 bits per heavy atom. The minimum absolute atomic E-state index is 0.0679. The Kier molecular flexibility index (Phi) is 4.78. The van der Waals surface area contributed by atoms with Crippen LogP contribution in [0.2, 0.25) is 0 Å². The smallest absolute Gasteiger partial charge is 0.216 e. The summed E-state index contributed by atoms with van der Waals surface area (Å²) in [5, 5.41) is 0. The summed E-state index contributed by atoms with van der Waals surface area (Å²) in [5.41, 5.74) is 1.60. The normalized spacial score (nSPS) is 12.9. The fraction of sp³-hybridized carbons (Fsp3) is 0.167. The van der Waals surface area contributed by atoms with E-state index in [4.69, 9.17) is 0 Å². The van der Waals surface area contributed by atoms with Crippen molar-refractivity contribution in [1.82, 2.24) is 14.3 Å². The molecule has 124 valence electrons. The number of hydrogen-bond acceptors (Lipinski definition) is 3. The van der Waals surface area contributed by atoms with Gasteiger partial charge in [0.2, 0.25) is 10.0 Å². The van der Waals surface area contributed by atoms with E-state index < -0.39 is 16.1 Å². The van der Waals surface area contributed by atoms with Crippen LogP contribution < -0.4 is 4.72 Å². The summed E-state index contributed by atoms with van der Waals surface area (Å²) in [4.78, 5) is 4.32. The second kappa shape index (κ2) is 6.98. The van der Waals surface area contributed by atoms with Crippen molar-refractivity contribution in [2.45, 2.75) is 11.8 Å². The van der Waals surface area contributed by atoms with Crippen LogP contribution in [0.15, 0.2) is 73.1 Å². The first kappa shape index (κ1) is 16.4. The lowest BCUT2D eigenvalue weighted by Gasteiger charge is -2.19. The number of nitrogens with zero attached hydrogens (tertiary/aromatic N) is 2. The molecule has 0 aliphatic carbocycles. The van der Waals surface area contributed by atoms with Crippen molar-refractivity contribution in [3.8, 4) is 0 Å². The molecule has 24 heavy (non-hydrogen) atoms. The van der Waals surface area contributed by atoms with Crippen molar-refractivity contribution in [3.05, 3.63) is 90.0 Å². The van der Waals surface area contributed by atoms with Crippen molar-refractivity contribution in [3.63, 3.8) is 0 Å². The second-order valence-electron chi connectivity index (χ2n) is 5.60. The fourth-order valence-electron chi connectivity index (χ4n) is 2.59. The third-order valence-corrected chi connectivity index (χ3v) is 5.05. The highest BCUT2D eigenvalue weighted by molar-refractivity contribution is 7.88. The standard InChI is InChI=1S/C18H19N3O2S/c1-21-13-12-19-18(21)17(16-10-6-3-7-11-16)20-24(22,23)14-15-8-4-2-5-9-15/h2-13,17,20H,14H2,1H3/t17-/m0/s1. The van der Waals surface area contributed by atoms with E-state index in [0.29, 0.717) is 5.82 Å². The number of rotatable bonds is 6. The fourth-order valence-corrected chi connectivity index (χ4v) is 3.90. The largest absolute Gasteiger partial charge is 0.336 e. The molecule has 0 aliphatic heterocycles. The molecule has 0 saturated heterocycles. The van der Waals surface area contributed by atoms with Crippen LogP contribution in [-0.4, -0.2) is 18.0 Å². The maximum Gasteiger partial charge on any atom is 0.216 e. The summed E-state index contributed by atoms with van der Waals surface area (Å²) in [5.74, 6) is 0.583. The molecule has 0 aliphatic rings. The van der Waals surface area contributed by atoms with Crippen LogP contribution in [-0.2, 0) is 22.8 Å². The molecule has 0 amide bonds. The quantitative estimate of drug-likeness (QED) is 0.750. The average molecular weight is 341 g/mol. The van der Waals surface area contributed by atoms with Crippen molar-refractivity contribution < 1.29 is 8.42 Å². The lowest BCUT2D eigenvalue weighted by atomic mass is 10.1. The predicted molar refractivity (Wildman–Crippen MR) is 93.7 cm³/mol.